The number of carbonyl (C=O) groups is 2. The number of nitrogens with zero attached hydrogens (tertiary/aromatic N) is 2. The standard InChI is InChI=1S/C25H30N2O5/c1-19-14-15-20(18-23(19)27(30)31)32-17-11-7-5-3-2-4-6-10-16-26-24(28)21-12-8-9-13-22(21)25(26)29/h8-9,12-15,18H,2-7,10-11,16-17H2,1H3. The lowest BCUT2D eigenvalue weighted by atomic mass is 10.1. The van der Waals surface area contributed by atoms with Crippen LogP contribution in [0.25, 0.3) is 0 Å². The Hall–Kier alpha value is -3.22. The number of amides is 2. The Labute approximate surface area is 188 Å². The van der Waals surface area contributed by atoms with Gasteiger partial charge in [-0.15, -0.1) is 0 Å². The quantitative estimate of drug-likeness (QED) is 0.173. The third-order valence-corrected chi connectivity index (χ3v) is 5.80. The van der Waals surface area contributed by atoms with E-state index in [0.717, 1.165) is 51.4 Å². The van der Waals surface area contributed by atoms with E-state index >= 15 is 0 Å². The van der Waals surface area contributed by atoms with E-state index in [2.05, 4.69) is 0 Å². The van der Waals surface area contributed by atoms with E-state index in [0.29, 0.717) is 35.6 Å². The van der Waals surface area contributed by atoms with Crippen molar-refractivity contribution in [2.75, 3.05) is 13.2 Å². The average Bonchev–Trinajstić information content (AvgIpc) is 3.03. The van der Waals surface area contributed by atoms with E-state index in [9.17, 15) is 19.7 Å². The largest absolute Gasteiger partial charge is 0.493 e. The summed E-state index contributed by atoms with van der Waals surface area (Å²) in [7, 11) is 0. The molecule has 3 rings (SSSR count). The van der Waals surface area contributed by atoms with E-state index in [1.165, 1.54) is 11.0 Å². The summed E-state index contributed by atoms with van der Waals surface area (Å²) in [5.74, 6) is 0.196. The SMILES string of the molecule is Cc1ccc(OCCCCCCCCCCN2C(=O)c3ccccc3C2=O)cc1[N+](=O)[O-]. The van der Waals surface area contributed by atoms with Crippen LogP contribution in [0.2, 0.25) is 0 Å². The van der Waals surface area contributed by atoms with Crippen molar-refractivity contribution in [3.8, 4) is 5.75 Å². The van der Waals surface area contributed by atoms with Crippen LogP contribution in [-0.4, -0.2) is 34.8 Å². The van der Waals surface area contributed by atoms with Gasteiger partial charge in [0.1, 0.15) is 5.75 Å². The summed E-state index contributed by atoms with van der Waals surface area (Å²) in [5, 5.41) is 11.0. The molecule has 2 aromatic rings. The first-order valence-corrected chi connectivity index (χ1v) is 11.3. The Morgan fingerprint density at radius 2 is 1.41 bits per heavy atom. The highest BCUT2D eigenvalue weighted by molar-refractivity contribution is 6.21. The van der Waals surface area contributed by atoms with Crippen LogP contribution >= 0.6 is 0 Å². The molecule has 7 heteroatoms. The van der Waals surface area contributed by atoms with Gasteiger partial charge in [-0.1, -0.05) is 50.7 Å². The van der Waals surface area contributed by atoms with Crippen LogP contribution in [0.3, 0.4) is 0 Å². The summed E-state index contributed by atoms with van der Waals surface area (Å²) >= 11 is 0. The van der Waals surface area contributed by atoms with Gasteiger partial charge < -0.3 is 4.74 Å². The van der Waals surface area contributed by atoms with Gasteiger partial charge in [0, 0.05) is 12.1 Å². The van der Waals surface area contributed by atoms with Crippen molar-refractivity contribution in [3.63, 3.8) is 0 Å². The second kappa shape index (κ2) is 11.4. The Morgan fingerprint density at radius 3 is 2.00 bits per heavy atom. The number of nitro groups is 1. The van der Waals surface area contributed by atoms with Gasteiger partial charge in [-0.25, -0.2) is 0 Å². The predicted molar refractivity (Wildman–Crippen MR) is 122 cm³/mol. The molecule has 0 atom stereocenters. The number of hydrogen-bond acceptors (Lipinski definition) is 5. The lowest BCUT2D eigenvalue weighted by molar-refractivity contribution is -0.385. The normalized spacial score (nSPS) is 12.8. The van der Waals surface area contributed by atoms with E-state index in [-0.39, 0.29) is 22.4 Å². The maximum atomic E-state index is 12.3. The van der Waals surface area contributed by atoms with Crippen LogP contribution in [0.15, 0.2) is 42.5 Å². The molecule has 32 heavy (non-hydrogen) atoms. The average molecular weight is 439 g/mol. The molecule has 0 bridgehead atoms. The number of imide groups is 1. The van der Waals surface area contributed by atoms with Crippen molar-refractivity contribution >= 4 is 17.5 Å². The molecule has 0 aromatic heterocycles. The topological polar surface area (TPSA) is 89.8 Å². The van der Waals surface area contributed by atoms with Gasteiger partial charge in [0.25, 0.3) is 17.5 Å². The number of rotatable bonds is 13. The van der Waals surface area contributed by atoms with Gasteiger partial charge in [-0.2, -0.15) is 0 Å². The zero-order chi connectivity index (χ0) is 22.9. The first-order valence-electron chi connectivity index (χ1n) is 11.3. The van der Waals surface area contributed by atoms with Crippen LogP contribution in [0.1, 0.15) is 77.6 Å². The first-order chi connectivity index (χ1) is 15.5. The molecule has 0 fully saturated rings. The minimum atomic E-state index is -0.387. The van der Waals surface area contributed by atoms with E-state index in [1.54, 1.807) is 43.3 Å². The Balaban J connectivity index is 1.20. The summed E-state index contributed by atoms with van der Waals surface area (Å²) in [6, 6.07) is 12.0. The molecule has 1 aliphatic heterocycles. The zero-order valence-electron chi connectivity index (χ0n) is 18.5. The van der Waals surface area contributed by atoms with Crippen LogP contribution in [0, 0.1) is 17.0 Å². The minimum Gasteiger partial charge on any atom is -0.493 e. The van der Waals surface area contributed by atoms with Crippen LogP contribution in [0.5, 0.6) is 5.75 Å². The summed E-state index contributed by atoms with van der Waals surface area (Å²) in [6.45, 7) is 2.76. The van der Waals surface area contributed by atoms with E-state index in [4.69, 9.17) is 4.74 Å². The number of benzene rings is 2. The van der Waals surface area contributed by atoms with Crippen LogP contribution in [-0.2, 0) is 0 Å². The first kappa shape index (κ1) is 23.4. The third-order valence-electron chi connectivity index (χ3n) is 5.80. The van der Waals surface area contributed by atoms with E-state index < -0.39 is 0 Å². The molecule has 0 unspecified atom stereocenters. The minimum absolute atomic E-state index is 0.0884. The lowest BCUT2D eigenvalue weighted by Crippen LogP contribution is -2.30. The van der Waals surface area contributed by atoms with E-state index in [1.807, 2.05) is 0 Å². The summed E-state index contributed by atoms with van der Waals surface area (Å²) < 4.78 is 5.64. The molecule has 0 N–H and O–H groups in total. The summed E-state index contributed by atoms with van der Waals surface area (Å²) in [4.78, 5) is 36.6. The van der Waals surface area contributed by atoms with Gasteiger partial charge in [0.2, 0.25) is 0 Å². The number of hydrogen-bond donors (Lipinski definition) is 0. The van der Waals surface area contributed by atoms with Crippen molar-refractivity contribution in [2.45, 2.75) is 58.3 Å². The number of fused-ring (bicyclic) bond motifs is 1. The fraction of sp³-hybridized carbons (Fsp3) is 0.440. The number of ether oxygens (including phenoxy) is 1. The maximum Gasteiger partial charge on any atom is 0.275 e. The van der Waals surface area contributed by atoms with Crippen molar-refractivity contribution in [1.82, 2.24) is 4.90 Å². The highest BCUT2D eigenvalue weighted by Crippen LogP contribution is 2.24. The monoisotopic (exact) mass is 438 g/mol. The Kier molecular flexibility index (Phi) is 8.36. The van der Waals surface area contributed by atoms with Gasteiger partial charge in [0.15, 0.2) is 0 Å². The van der Waals surface area contributed by atoms with Gasteiger partial charge in [0.05, 0.1) is 28.7 Å². The molecular formula is C25H30N2O5. The Morgan fingerprint density at radius 1 is 0.844 bits per heavy atom. The third kappa shape index (κ3) is 5.93. The molecule has 7 nitrogen and oxygen atoms in total. The number of carbonyl (C=O) groups excluding carboxylic acids is 2. The Bertz CT molecular complexity index is 938. The van der Waals surface area contributed by atoms with Crippen LogP contribution in [0.4, 0.5) is 5.69 Å². The lowest BCUT2D eigenvalue weighted by Gasteiger charge is -2.13. The molecule has 1 heterocycles. The predicted octanol–water partition coefficient (Wildman–Crippen LogP) is 5.70. The summed E-state index contributed by atoms with van der Waals surface area (Å²) in [5.41, 5.74) is 1.75. The number of nitro benzene ring substituents is 1. The van der Waals surface area contributed by atoms with Crippen molar-refractivity contribution in [3.05, 3.63) is 69.3 Å². The molecule has 170 valence electrons. The van der Waals surface area contributed by atoms with Crippen molar-refractivity contribution in [2.24, 2.45) is 0 Å². The molecule has 0 radical (unpaired) electrons. The number of aryl methyl sites for hydroxylation is 1. The molecule has 0 spiro atoms. The zero-order valence-corrected chi connectivity index (χ0v) is 18.5. The molecule has 0 saturated heterocycles. The smallest absolute Gasteiger partial charge is 0.275 e. The van der Waals surface area contributed by atoms with Gasteiger partial charge in [-0.05, 0) is 44.0 Å². The van der Waals surface area contributed by atoms with Crippen LogP contribution < -0.4 is 4.74 Å². The molecule has 2 aromatic carbocycles. The second-order valence-corrected chi connectivity index (χ2v) is 8.19. The molecular weight excluding hydrogens is 408 g/mol. The molecule has 0 aliphatic carbocycles. The molecule has 0 saturated carbocycles. The molecule has 2 amide bonds. The van der Waals surface area contributed by atoms with Crippen molar-refractivity contribution < 1.29 is 19.2 Å². The fourth-order valence-corrected chi connectivity index (χ4v) is 3.94. The highest BCUT2D eigenvalue weighted by Gasteiger charge is 2.34. The van der Waals surface area contributed by atoms with Crippen molar-refractivity contribution in [1.29, 1.82) is 0 Å². The fourth-order valence-electron chi connectivity index (χ4n) is 3.94. The number of unbranched alkanes of at least 4 members (excludes halogenated alkanes) is 7. The second-order valence-electron chi connectivity index (χ2n) is 8.19. The maximum absolute atomic E-state index is 12.3. The van der Waals surface area contributed by atoms with Gasteiger partial charge >= 0.3 is 0 Å². The summed E-state index contributed by atoms with van der Waals surface area (Å²) in [6.07, 6.45) is 8.30. The highest BCUT2D eigenvalue weighted by atomic mass is 16.6. The molecule has 1 aliphatic rings. The van der Waals surface area contributed by atoms with Gasteiger partial charge in [-0.3, -0.25) is 24.6 Å².